The van der Waals surface area contributed by atoms with Crippen molar-refractivity contribution in [2.45, 2.75) is 109 Å². The molecule has 0 fully saturated rings. The van der Waals surface area contributed by atoms with Crippen LogP contribution in [0.4, 0.5) is 0 Å². The van der Waals surface area contributed by atoms with E-state index in [2.05, 4.69) is 19.1 Å². The van der Waals surface area contributed by atoms with Gasteiger partial charge in [-0.15, -0.1) is 0 Å². The molecule has 0 aliphatic rings. The fourth-order valence-corrected chi connectivity index (χ4v) is 2.87. The molecule has 0 rings (SSSR count). The molecule has 0 heterocycles. The largest absolute Gasteiger partial charge is 0.466 e. The number of unbranched alkanes of at least 4 members (excludes halogenated alkanes) is 12. The topological polar surface area (TPSA) is 72.5 Å². The zero-order valence-electron chi connectivity index (χ0n) is 17.1. The number of aliphatic hydroxyl groups excluding tert-OH is 1. The molecule has 154 valence electrons. The van der Waals surface area contributed by atoms with Gasteiger partial charge in [0.05, 0.1) is 19.1 Å². The molecule has 0 aliphatic carbocycles. The highest BCUT2D eigenvalue weighted by Crippen LogP contribution is 2.10. The number of ether oxygens (including phenoxy) is 1. The van der Waals surface area contributed by atoms with Gasteiger partial charge in [0.1, 0.15) is 0 Å². The zero-order valence-corrected chi connectivity index (χ0v) is 17.1. The van der Waals surface area contributed by atoms with Gasteiger partial charge in [-0.25, -0.2) is 0 Å². The summed E-state index contributed by atoms with van der Waals surface area (Å²) in [5.74, 6) is -0.351. The molecule has 0 aromatic rings. The first-order chi connectivity index (χ1) is 12.7. The Labute approximate surface area is 161 Å². The molecule has 0 spiro atoms. The minimum absolute atomic E-state index is 0.00285. The highest BCUT2D eigenvalue weighted by Gasteiger charge is 2.09. The van der Waals surface area contributed by atoms with Gasteiger partial charge in [-0.3, -0.25) is 4.79 Å². The maximum Gasteiger partial charge on any atom is 0.308 e. The van der Waals surface area contributed by atoms with Crippen LogP contribution in [0.15, 0.2) is 12.2 Å². The van der Waals surface area contributed by atoms with E-state index in [1.165, 1.54) is 77.0 Å². The van der Waals surface area contributed by atoms with Gasteiger partial charge < -0.3 is 15.6 Å². The maximum atomic E-state index is 11.3. The van der Waals surface area contributed by atoms with Crippen LogP contribution in [0.25, 0.3) is 0 Å². The van der Waals surface area contributed by atoms with Gasteiger partial charge in [0, 0.05) is 6.54 Å². The van der Waals surface area contributed by atoms with E-state index in [0.717, 1.165) is 12.8 Å². The summed E-state index contributed by atoms with van der Waals surface area (Å²) < 4.78 is 5.07. The van der Waals surface area contributed by atoms with E-state index >= 15 is 0 Å². The van der Waals surface area contributed by atoms with Gasteiger partial charge >= 0.3 is 5.97 Å². The number of nitrogens with two attached hydrogens (primary N) is 1. The van der Waals surface area contributed by atoms with Crippen LogP contribution < -0.4 is 5.73 Å². The fraction of sp³-hybridized carbons (Fsp3) is 0.864. The number of hydrogen-bond acceptors (Lipinski definition) is 4. The van der Waals surface area contributed by atoms with Crippen molar-refractivity contribution in [3.63, 3.8) is 0 Å². The van der Waals surface area contributed by atoms with Crippen LogP contribution in [-0.4, -0.2) is 30.3 Å². The first kappa shape index (κ1) is 25.1. The predicted molar refractivity (Wildman–Crippen MR) is 110 cm³/mol. The quantitative estimate of drug-likeness (QED) is 0.185. The van der Waals surface area contributed by atoms with E-state index < -0.39 is 6.10 Å². The Morgan fingerprint density at radius 3 is 1.92 bits per heavy atom. The Hall–Kier alpha value is -0.870. The van der Waals surface area contributed by atoms with E-state index in [-0.39, 0.29) is 18.9 Å². The van der Waals surface area contributed by atoms with Crippen LogP contribution in [0.1, 0.15) is 103 Å². The summed E-state index contributed by atoms with van der Waals surface area (Å²) in [6.07, 6.45) is 21.6. The van der Waals surface area contributed by atoms with Crippen molar-refractivity contribution in [1.82, 2.24) is 0 Å². The Kier molecular flexibility index (Phi) is 19.8. The molecule has 0 amide bonds. The van der Waals surface area contributed by atoms with Gasteiger partial charge in [0.25, 0.3) is 0 Å². The van der Waals surface area contributed by atoms with E-state index in [0.29, 0.717) is 6.61 Å². The lowest BCUT2D eigenvalue weighted by atomic mass is 10.1. The Bertz CT molecular complexity index is 331. The average molecular weight is 370 g/mol. The standard InChI is InChI=1S/C22H43NO3/c1-2-3-4-5-6-7-8-9-10-11-12-13-14-15-16-17-18-26-22(25)19-21(24)20-23/h9-10,21,24H,2-8,11-20,23H2,1H3. The second kappa shape index (κ2) is 20.4. The van der Waals surface area contributed by atoms with Crippen molar-refractivity contribution in [1.29, 1.82) is 0 Å². The first-order valence-electron chi connectivity index (χ1n) is 10.9. The Morgan fingerprint density at radius 2 is 1.38 bits per heavy atom. The molecular formula is C22H43NO3. The SMILES string of the molecule is CCCCCCCCC=CCCCCCCCCOC(=O)CC(O)CN. The van der Waals surface area contributed by atoms with E-state index in [9.17, 15) is 9.90 Å². The van der Waals surface area contributed by atoms with Crippen LogP contribution in [0.5, 0.6) is 0 Å². The van der Waals surface area contributed by atoms with Crippen molar-refractivity contribution >= 4 is 5.97 Å². The van der Waals surface area contributed by atoms with Crippen LogP contribution in [0.2, 0.25) is 0 Å². The van der Waals surface area contributed by atoms with Gasteiger partial charge in [0.15, 0.2) is 0 Å². The zero-order chi connectivity index (χ0) is 19.3. The second-order valence-electron chi connectivity index (χ2n) is 7.25. The summed E-state index contributed by atoms with van der Waals surface area (Å²) in [5.41, 5.74) is 5.25. The summed E-state index contributed by atoms with van der Waals surface area (Å²) in [7, 11) is 0. The molecule has 0 radical (unpaired) electrons. The summed E-state index contributed by atoms with van der Waals surface area (Å²) >= 11 is 0. The predicted octanol–water partition coefficient (Wildman–Crippen LogP) is 5.28. The number of aliphatic hydroxyl groups is 1. The summed E-state index contributed by atoms with van der Waals surface area (Å²) in [4.78, 5) is 11.3. The first-order valence-corrected chi connectivity index (χ1v) is 10.9. The number of rotatable bonds is 19. The van der Waals surface area contributed by atoms with Crippen molar-refractivity contribution < 1.29 is 14.6 Å². The van der Waals surface area contributed by atoms with E-state index in [1.54, 1.807) is 0 Å². The third-order valence-electron chi connectivity index (χ3n) is 4.59. The minimum atomic E-state index is -0.776. The van der Waals surface area contributed by atoms with Crippen LogP contribution in [0.3, 0.4) is 0 Å². The van der Waals surface area contributed by atoms with E-state index in [1.807, 2.05) is 0 Å². The fourth-order valence-electron chi connectivity index (χ4n) is 2.87. The number of carbonyl (C=O) groups excluding carboxylic acids is 1. The lowest BCUT2D eigenvalue weighted by molar-refractivity contribution is -0.145. The molecule has 1 unspecified atom stereocenters. The molecule has 3 N–H and O–H groups in total. The van der Waals surface area contributed by atoms with Crippen LogP contribution >= 0.6 is 0 Å². The number of esters is 1. The number of carbonyl (C=O) groups is 1. The van der Waals surface area contributed by atoms with Gasteiger partial charge in [-0.1, -0.05) is 76.9 Å². The molecular weight excluding hydrogens is 326 g/mol. The summed E-state index contributed by atoms with van der Waals surface area (Å²) in [6, 6.07) is 0. The maximum absolute atomic E-state index is 11.3. The lowest BCUT2D eigenvalue weighted by Crippen LogP contribution is -2.24. The third kappa shape index (κ3) is 19.5. The third-order valence-corrected chi connectivity index (χ3v) is 4.59. The van der Waals surface area contributed by atoms with Gasteiger partial charge in [0.2, 0.25) is 0 Å². The molecule has 4 nitrogen and oxygen atoms in total. The van der Waals surface area contributed by atoms with Crippen LogP contribution in [0, 0.1) is 0 Å². The van der Waals surface area contributed by atoms with Crippen LogP contribution in [-0.2, 0) is 9.53 Å². The molecule has 0 aliphatic heterocycles. The molecule has 0 aromatic heterocycles. The molecule has 0 saturated carbocycles. The molecule has 1 atom stereocenters. The lowest BCUT2D eigenvalue weighted by Gasteiger charge is -2.07. The van der Waals surface area contributed by atoms with Gasteiger partial charge in [-0.2, -0.15) is 0 Å². The smallest absolute Gasteiger partial charge is 0.308 e. The minimum Gasteiger partial charge on any atom is -0.466 e. The second-order valence-corrected chi connectivity index (χ2v) is 7.25. The monoisotopic (exact) mass is 369 g/mol. The molecule has 0 bridgehead atoms. The molecule has 0 saturated heterocycles. The van der Waals surface area contributed by atoms with Crippen molar-refractivity contribution in [2.24, 2.45) is 5.73 Å². The molecule has 4 heteroatoms. The normalized spacial score (nSPS) is 12.6. The Balaban J connectivity index is 3.19. The van der Waals surface area contributed by atoms with Gasteiger partial charge in [-0.05, 0) is 32.1 Å². The van der Waals surface area contributed by atoms with Crippen molar-refractivity contribution in [2.75, 3.05) is 13.2 Å². The summed E-state index contributed by atoms with van der Waals surface area (Å²) in [5, 5.41) is 9.24. The van der Waals surface area contributed by atoms with E-state index in [4.69, 9.17) is 10.5 Å². The summed E-state index contributed by atoms with van der Waals surface area (Å²) in [6.45, 7) is 2.82. The highest BCUT2D eigenvalue weighted by atomic mass is 16.5. The average Bonchev–Trinajstić information content (AvgIpc) is 2.64. The molecule has 0 aromatic carbocycles. The highest BCUT2D eigenvalue weighted by molar-refractivity contribution is 5.69. The van der Waals surface area contributed by atoms with Crippen molar-refractivity contribution in [3.05, 3.63) is 12.2 Å². The Morgan fingerprint density at radius 1 is 0.885 bits per heavy atom. The van der Waals surface area contributed by atoms with Crippen molar-refractivity contribution in [3.8, 4) is 0 Å². The number of allylic oxidation sites excluding steroid dienone is 2. The number of hydrogen-bond donors (Lipinski definition) is 2. The molecule has 26 heavy (non-hydrogen) atoms.